The molecule has 210 valence electrons. The molecule has 4 atom stereocenters. The van der Waals surface area contributed by atoms with Gasteiger partial charge in [-0.3, -0.25) is 14.4 Å². The molecule has 0 aliphatic heterocycles. The van der Waals surface area contributed by atoms with Crippen LogP contribution in [0.2, 0.25) is 0 Å². The second kappa shape index (κ2) is 15.1. The molecule has 0 aliphatic rings. The third kappa shape index (κ3) is 9.12. The van der Waals surface area contributed by atoms with E-state index in [1.165, 1.54) is 0 Å². The van der Waals surface area contributed by atoms with Crippen molar-refractivity contribution in [1.82, 2.24) is 20.9 Å². The zero-order chi connectivity index (χ0) is 28.2. The summed E-state index contributed by atoms with van der Waals surface area (Å²) in [6.07, 6.45) is 3.42. The molecule has 10 N–H and O–H groups in total. The molecule has 2 aromatic rings. The minimum atomic E-state index is -1.23. The van der Waals surface area contributed by atoms with E-state index in [0.29, 0.717) is 19.4 Å². The lowest BCUT2D eigenvalue weighted by atomic mass is 10.00. The van der Waals surface area contributed by atoms with Gasteiger partial charge in [0, 0.05) is 23.5 Å². The number of nitrogens with two attached hydrogens (primary N) is 2. The van der Waals surface area contributed by atoms with Crippen LogP contribution in [0.5, 0.6) is 0 Å². The van der Waals surface area contributed by atoms with Crippen molar-refractivity contribution in [3.05, 3.63) is 36.0 Å². The molecule has 0 fully saturated rings. The van der Waals surface area contributed by atoms with E-state index in [-0.39, 0.29) is 25.2 Å². The van der Waals surface area contributed by atoms with Crippen molar-refractivity contribution in [2.45, 2.75) is 70.1 Å². The van der Waals surface area contributed by atoms with Gasteiger partial charge in [0.25, 0.3) is 0 Å². The highest BCUT2D eigenvalue weighted by atomic mass is 16.4. The Balaban J connectivity index is 2.17. The summed E-state index contributed by atoms with van der Waals surface area (Å²) in [7, 11) is 0. The standard InChI is InChI=1S/C26H40N6O6/c1-15(2)11-21(31-24(35)20(9-5-6-10-27)30-23(34)18(28)14-33)25(36)32-22(26(37)38)12-16-13-29-19-8-4-3-7-17(16)19/h3-4,7-8,13,15,18,20-22,29,33H,5-6,9-12,14,27-28H2,1-2H3,(H,30,34)(H,31,35)(H,32,36)(H,37,38). The first-order valence-electron chi connectivity index (χ1n) is 12.8. The minimum absolute atomic E-state index is 0.00367. The van der Waals surface area contributed by atoms with Gasteiger partial charge in [0.1, 0.15) is 24.2 Å². The summed E-state index contributed by atoms with van der Waals surface area (Å²) in [5, 5.41) is 27.6. The molecule has 0 aliphatic carbocycles. The number of aromatic nitrogens is 1. The lowest BCUT2D eigenvalue weighted by Crippen LogP contribution is -2.57. The van der Waals surface area contributed by atoms with Gasteiger partial charge in [-0.05, 0) is 49.8 Å². The van der Waals surface area contributed by atoms with Gasteiger partial charge < -0.3 is 42.6 Å². The highest BCUT2D eigenvalue weighted by Gasteiger charge is 2.31. The first-order valence-corrected chi connectivity index (χ1v) is 12.8. The largest absolute Gasteiger partial charge is 0.480 e. The molecule has 0 bridgehead atoms. The number of aliphatic hydroxyl groups is 1. The number of para-hydroxylation sites is 1. The first-order chi connectivity index (χ1) is 18.1. The molecule has 0 saturated carbocycles. The van der Waals surface area contributed by atoms with Gasteiger partial charge in [-0.25, -0.2) is 4.79 Å². The van der Waals surface area contributed by atoms with Gasteiger partial charge in [-0.2, -0.15) is 0 Å². The van der Waals surface area contributed by atoms with Crippen LogP contribution in [0.25, 0.3) is 10.9 Å². The average molecular weight is 533 g/mol. The number of fused-ring (bicyclic) bond motifs is 1. The molecule has 2 rings (SSSR count). The van der Waals surface area contributed by atoms with Crippen molar-refractivity contribution < 1.29 is 29.4 Å². The van der Waals surface area contributed by atoms with Gasteiger partial charge in [-0.15, -0.1) is 0 Å². The zero-order valence-corrected chi connectivity index (χ0v) is 21.9. The number of amides is 3. The van der Waals surface area contributed by atoms with Gasteiger partial charge in [-0.1, -0.05) is 32.0 Å². The summed E-state index contributed by atoms with van der Waals surface area (Å²) in [6, 6.07) is 2.98. The number of unbranched alkanes of at least 4 members (excludes halogenated alkanes) is 1. The number of carbonyl (C=O) groups excluding carboxylic acids is 3. The smallest absolute Gasteiger partial charge is 0.326 e. The molecular formula is C26H40N6O6. The SMILES string of the molecule is CC(C)CC(NC(=O)C(CCCCN)NC(=O)C(N)CO)C(=O)NC(Cc1c[nH]c2ccccc12)C(=O)O. The van der Waals surface area contributed by atoms with Crippen LogP contribution in [0, 0.1) is 5.92 Å². The van der Waals surface area contributed by atoms with Gasteiger partial charge in [0.05, 0.1) is 6.61 Å². The number of nitrogens with one attached hydrogen (secondary N) is 4. The van der Waals surface area contributed by atoms with Crippen LogP contribution in [0.3, 0.4) is 0 Å². The lowest BCUT2D eigenvalue weighted by Gasteiger charge is -2.26. The summed E-state index contributed by atoms with van der Waals surface area (Å²) < 4.78 is 0. The van der Waals surface area contributed by atoms with Gasteiger partial charge in [0.2, 0.25) is 17.7 Å². The summed E-state index contributed by atoms with van der Waals surface area (Å²) in [4.78, 5) is 53.7. The fourth-order valence-corrected chi connectivity index (χ4v) is 4.09. The molecule has 12 heteroatoms. The maximum Gasteiger partial charge on any atom is 0.326 e. The molecule has 3 amide bonds. The number of hydrogen-bond donors (Lipinski definition) is 8. The molecule has 4 unspecified atom stereocenters. The van der Waals surface area contributed by atoms with Crippen LogP contribution in [0.15, 0.2) is 30.5 Å². The predicted octanol–water partition coefficient (Wildman–Crippen LogP) is -0.256. The highest BCUT2D eigenvalue weighted by molar-refractivity contribution is 5.94. The zero-order valence-electron chi connectivity index (χ0n) is 21.9. The van der Waals surface area contributed by atoms with E-state index >= 15 is 0 Å². The van der Waals surface area contributed by atoms with E-state index in [4.69, 9.17) is 16.6 Å². The van der Waals surface area contributed by atoms with Crippen molar-refractivity contribution in [2.24, 2.45) is 17.4 Å². The fourth-order valence-electron chi connectivity index (χ4n) is 4.09. The van der Waals surface area contributed by atoms with Crippen molar-refractivity contribution in [3.8, 4) is 0 Å². The topological polar surface area (TPSA) is 213 Å². The van der Waals surface area contributed by atoms with Crippen LogP contribution in [-0.4, -0.2) is 76.2 Å². The maximum absolute atomic E-state index is 13.2. The maximum atomic E-state index is 13.2. The Morgan fingerprint density at radius 3 is 2.21 bits per heavy atom. The molecule has 0 spiro atoms. The summed E-state index contributed by atoms with van der Waals surface area (Å²) in [6.45, 7) is 3.56. The quantitative estimate of drug-likeness (QED) is 0.135. The summed E-state index contributed by atoms with van der Waals surface area (Å²) in [5.41, 5.74) is 12.7. The Hall–Kier alpha value is -3.48. The summed E-state index contributed by atoms with van der Waals surface area (Å²) >= 11 is 0. The molecule has 1 aromatic carbocycles. The molecule has 0 radical (unpaired) electrons. The summed E-state index contributed by atoms with van der Waals surface area (Å²) in [5.74, 6) is -3.16. The second-order valence-electron chi connectivity index (χ2n) is 9.79. The van der Waals surface area contributed by atoms with Crippen molar-refractivity contribution >= 4 is 34.6 Å². The van der Waals surface area contributed by atoms with Crippen molar-refractivity contribution in [1.29, 1.82) is 0 Å². The molecule has 0 saturated heterocycles. The van der Waals surface area contributed by atoms with Crippen LogP contribution < -0.4 is 27.4 Å². The van der Waals surface area contributed by atoms with E-state index < -0.39 is 54.5 Å². The Morgan fingerprint density at radius 1 is 0.947 bits per heavy atom. The Bertz CT molecular complexity index is 1090. The number of benzene rings is 1. The number of H-pyrrole nitrogens is 1. The number of rotatable bonds is 16. The number of carbonyl (C=O) groups is 4. The van der Waals surface area contributed by atoms with Gasteiger partial charge >= 0.3 is 5.97 Å². The average Bonchev–Trinajstić information content (AvgIpc) is 3.29. The predicted molar refractivity (Wildman–Crippen MR) is 143 cm³/mol. The number of carboxylic acids is 1. The van der Waals surface area contributed by atoms with E-state index in [0.717, 1.165) is 16.5 Å². The Kier molecular flexibility index (Phi) is 12.2. The Morgan fingerprint density at radius 2 is 1.58 bits per heavy atom. The number of aliphatic carboxylic acids is 1. The van der Waals surface area contributed by atoms with Crippen LogP contribution in [-0.2, 0) is 25.6 Å². The van der Waals surface area contributed by atoms with Crippen LogP contribution >= 0.6 is 0 Å². The first kappa shape index (κ1) is 30.7. The third-order valence-corrected chi connectivity index (χ3v) is 6.17. The van der Waals surface area contributed by atoms with Crippen LogP contribution in [0.4, 0.5) is 0 Å². The molecule has 1 heterocycles. The fraction of sp³-hybridized carbons (Fsp3) is 0.538. The van der Waals surface area contributed by atoms with E-state index in [2.05, 4.69) is 20.9 Å². The third-order valence-electron chi connectivity index (χ3n) is 6.17. The number of aromatic amines is 1. The second-order valence-corrected chi connectivity index (χ2v) is 9.79. The van der Waals surface area contributed by atoms with Crippen molar-refractivity contribution in [2.75, 3.05) is 13.2 Å². The molecule has 12 nitrogen and oxygen atoms in total. The minimum Gasteiger partial charge on any atom is -0.480 e. The number of carboxylic acid groups (broad SMARTS) is 1. The molecule has 1 aromatic heterocycles. The molecular weight excluding hydrogens is 492 g/mol. The normalized spacial score (nSPS) is 14.5. The number of hydrogen-bond acceptors (Lipinski definition) is 7. The van der Waals surface area contributed by atoms with Crippen LogP contribution in [0.1, 0.15) is 45.1 Å². The highest BCUT2D eigenvalue weighted by Crippen LogP contribution is 2.19. The monoisotopic (exact) mass is 532 g/mol. The van der Waals surface area contributed by atoms with E-state index in [1.54, 1.807) is 6.20 Å². The number of aliphatic hydroxyl groups excluding tert-OH is 1. The molecule has 38 heavy (non-hydrogen) atoms. The Labute approximate surface area is 221 Å². The van der Waals surface area contributed by atoms with E-state index in [1.807, 2.05) is 38.1 Å². The van der Waals surface area contributed by atoms with E-state index in [9.17, 15) is 24.3 Å². The van der Waals surface area contributed by atoms with Gasteiger partial charge in [0.15, 0.2) is 0 Å². The van der Waals surface area contributed by atoms with Crippen molar-refractivity contribution in [3.63, 3.8) is 0 Å². The lowest BCUT2D eigenvalue weighted by molar-refractivity contribution is -0.142.